The van der Waals surface area contributed by atoms with Gasteiger partial charge >= 0.3 is 0 Å². The fourth-order valence-corrected chi connectivity index (χ4v) is 4.55. The molecule has 1 atom stereocenters. The first-order chi connectivity index (χ1) is 13.7. The smallest absolute Gasteiger partial charge is 0.225 e. The molecule has 0 saturated heterocycles. The average molecular weight is 379 g/mol. The number of aliphatic hydroxyl groups excluding tert-OH is 1. The van der Waals surface area contributed by atoms with E-state index in [0.29, 0.717) is 12.0 Å². The van der Waals surface area contributed by atoms with Crippen LogP contribution in [0.3, 0.4) is 0 Å². The summed E-state index contributed by atoms with van der Waals surface area (Å²) in [6.45, 7) is 3.66. The molecule has 2 aromatic rings. The van der Waals surface area contributed by atoms with Crippen molar-refractivity contribution in [2.75, 3.05) is 16.8 Å². The van der Waals surface area contributed by atoms with E-state index in [1.807, 2.05) is 6.92 Å². The van der Waals surface area contributed by atoms with Crippen molar-refractivity contribution in [3.8, 4) is 0 Å². The van der Waals surface area contributed by atoms with Gasteiger partial charge in [0, 0.05) is 31.1 Å². The molecule has 5 nitrogen and oxygen atoms in total. The highest BCUT2D eigenvalue weighted by atomic mass is 16.3. The molecule has 0 amide bonds. The van der Waals surface area contributed by atoms with E-state index in [4.69, 9.17) is 9.97 Å². The van der Waals surface area contributed by atoms with Gasteiger partial charge in [0.1, 0.15) is 5.82 Å². The summed E-state index contributed by atoms with van der Waals surface area (Å²) in [7, 11) is 0. The van der Waals surface area contributed by atoms with Gasteiger partial charge in [-0.3, -0.25) is 0 Å². The molecular formula is C23H30N4O. The van der Waals surface area contributed by atoms with Crippen molar-refractivity contribution in [2.24, 2.45) is 0 Å². The van der Waals surface area contributed by atoms with Gasteiger partial charge in [0.25, 0.3) is 0 Å². The van der Waals surface area contributed by atoms with Crippen LogP contribution in [-0.2, 0) is 13.0 Å². The average Bonchev–Trinajstić information content (AvgIpc) is 3.44. The van der Waals surface area contributed by atoms with Crippen LogP contribution in [0.2, 0.25) is 0 Å². The van der Waals surface area contributed by atoms with Crippen LogP contribution in [0.5, 0.6) is 0 Å². The Morgan fingerprint density at radius 3 is 2.64 bits per heavy atom. The number of benzene rings is 1. The molecule has 5 heteroatoms. The number of fused-ring (bicyclic) bond motifs is 1. The van der Waals surface area contributed by atoms with Crippen molar-refractivity contribution in [2.45, 2.75) is 76.5 Å². The van der Waals surface area contributed by atoms with Crippen LogP contribution in [-0.4, -0.2) is 27.7 Å². The van der Waals surface area contributed by atoms with E-state index in [1.54, 1.807) is 0 Å². The molecule has 2 aliphatic carbocycles. The summed E-state index contributed by atoms with van der Waals surface area (Å²) in [5, 5.41) is 13.5. The molecule has 2 fully saturated rings. The van der Waals surface area contributed by atoms with E-state index < -0.39 is 6.10 Å². The number of aliphatic hydroxyl groups is 1. The van der Waals surface area contributed by atoms with Crippen LogP contribution in [0.1, 0.15) is 79.9 Å². The zero-order chi connectivity index (χ0) is 19.1. The summed E-state index contributed by atoms with van der Waals surface area (Å²) in [6.07, 6.45) is 8.17. The van der Waals surface area contributed by atoms with Gasteiger partial charge in [-0.15, -0.1) is 0 Å². The van der Waals surface area contributed by atoms with Crippen LogP contribution in [0.4, 0.5) is 11.8 Å². The van der Waals surface area contributed by atoms with Crippen LogP contribution >= 0.6 is 0 Å². The first-order valence-electron chi connectivity index (χ1n) is 10.9. The number of hydrogen-bond donors (Lipinski definition) is 2. The second kappa shape index (κ2) is 7.36. The minimum absolute atomic E-state index is 0.407. The maximum absolute atomic E-state index is 9.86. The molecule has 0 bridgehead atoms. The molecule has 148 valence electrons. The Kier molecular flexibility index (Phi) is 4.71. The maximum atomic E-state index is 9.86. The lowest BCUT2D eigenvalue weighted by Gasteiger charge is -2.31. The van der Waals surface area contributed by atoms with Gasteiger partial charge < -0.3 is 15.3 Å². The molecule has 5 rings (SSSR count). The normalized spacial score (nSPS) is 20.9. The minimum Gasteiger partial charge on any atom is -0.389 e. The maximum Gasteiger partial charge on any atom is 0.225 e. The minimum atomic E-state index is -0.407. The van der Waals surface area contributed by atoms with Crippen molar-refractivity contribution in [3.05, 3.63) is 46.6 Å². The number of anilines is 2. The molecule has 28 heavy (non-hydrogen) atoms. The molecule has 1 aromatic heterocycles. The Balaban J connectivity index is 1.40. The fraction of sp³-hybridized carbons (Fsp3) is 0.565. The monoisotopic (exact) mass is 378 g/mol. The fourth-order valence-electron chi connectivity index (χ4n) is 4.55. The van der Waals surface area contributed by atoms with Gasteiger partial charge in [-0.2, -0.15) is 4.98 Å². The zero-order valence-corrected chi connectivity index (χ0v) is 16.7. The van der Waals surface area contributed by atoms with Gasteiger partial charge in [-0.25, -0.2) is 4.98 Å². The van der Waals surface area contributed by atoms with Crippen molar-refractivity contribution < 1.29 is 5.11 Å². The molecule has 0 spiro atoms. The Hall–Kier alpha value is -2.14. The highest BCUT2D eigenvalue weighted by molar-refractivity contribution is 5.50. The summed E-state index contributed by atoms with van der Waals surface area (Å²) >= 11 is 0. The van der Waals surface area contributed by atoms with Gasteiger partial charge in [-0.05, 0) is 55.7 Å². The molecule has 2 saturated carbocycles. The lowest BCUT2D eigenvalue weighted by atomic mass is 9.96. The third-order valence-corrected chi connectivity index (χ3v) is 6.47. The van der Waals surface area contributed by atoms with Crippen molar-refractivity contribution in [3.63, 3.8) is 0 Å². The highest BCUT2D eigenvalue weighted by Crippen LogP contribution is 2.40. The van der Waals surface area contributed by atoms with Crippen LogP contribution in [0.15, 0.2) is 24.3 Å². The van der Waals surface area contributed by atoms with E-state index in [-0.39, 0.29) is 0 Å². The molecule has 1 aliphatic heterocycles. The Morgan fingerprint density at radius 2 is 1.89 bits per heavy atom. The lowest BCUT2D eigenvalue weighted by Crippen LogP contribution is -2.31. The van der Waals surface area contributed by atoms with E-state index >= 15 is 0 Å². The Morgan fingerprint density at radius 1 is 1.07 bits per heavy atom. The number of nitrogens with zero attached hydrogens (tertiary/aromatic N) is 3. The molecule has 2 heterocycles. The summed E-state index contributed by atoms with van der Waals surface area (Å²) in [5.74, 6) is 2.50. The summed E-state index contributed by atoms with van der Waals surface area (Å²) in [6, 6.07) is 9.13. The summed E-state index contributed by atoms with van der Waals surface area (Å²) in [5.41, 5.74) is 4.91. The predicted octanol–water partition coefficient (Wildman–Crippen LogP) is 4.32. The van der Waals surface area contributed by atoms with Crippen LogP contribution < -0.4 is 10.2 Å². The van der Waals surface area contributed by atoms with E-state index in [1.165, 1.54) is 55.3 Å². The van der Waals surface area contributed by atoms with Crippen molar-refractivity contribution >= 4 is 11.8 Å². The largest absolute Gasteiger partial charge is 0.389 e. The molecule has 3 aliphatic rings. The molecule has 0 radical (unpaired) electrons. The Bertz CT molecular complexity index is 856. The topological polar surface area (TPSA) is 61.3 Å². The number of aromatic nitrogens is 2. The second-order valence-electron chi connectivity index (χ2n) is 8.75. The predicted molar refractivity (Wildman–Crippen MR) is 112 cm³/mol. The number of nitrogens with one attached hydrogen (secondary N) is 1. The third-order valence-electron chi connectivity index (χ3n) is 6.47. The first-order valence-corrected chi connectivity index (χ1v) is 10.9. The molecule has 1 aromatic carbocycles. The highest BCUT2D eigenvalue weighted by Gasteiger charge is 2.28. The van der Waals surface area contributed by atoms with Crippen LogP contribution in [0.25, 0.3) is 0 Å². The lowest BCUT2D eigenvalue weighted by molar-refractivity contribution is 0.199. The van der Waals surface area contributed by atoms with Gasteiger partial charge in [-0.1, -0.05) is 31.0 Å². The third kappa shape index (κ3) is 3.72. The molecule has 2 N–H and O–H groups in total. The summed E-state index contributed by atoms with van der Waals surface area (Å²) in [4.78, 5) is 12.2. The number of hydrogen-bond acceptors (Lipinski definition) is 5. The van der Waals surface area contributed by atoms with Crippen LogP contribution in [0, 0.1) is 0 Å². The van der Waals surface area contributed by atoms with Gasteiger partial charge in [0.15, 0.2) is 0 Å². The second-order valence-corrected chi connectivity index (χ2v) is 8.75. The van der Waals surface area contributed by atoms with E-state index in [2.05, 4.69) is 34.5 Å². The van der Waals surface area contributed by atoms with Gasteiger partial charge in [0.2, 0.25) is 5.95 Å². The molecular weight excluding hydrogens is 348 g/mol. The standard InChI is InChI=1S/C23H30N4O/c1-15(28)17-8-9-19-14-27(11-10-18(19)12-17)22-13-21(16-6-7-16)25-23(26-22)24-20-4-2-3-5-20/h8-9,12-13,15-16,20,28H,2-7,10-11,14H2,1H3,(H,24,25,26)/t15-/m0/s1. The number of rotatable bonds is 5. The molecule has 0 unspecified atom stereocenters. The first kappa shape index (κ1) is 17.9. The van der Waals surface area contributed by atoms with E-state index in [9.17, 15) is 5.11 Å². The zero-order valence-electron chi connectivity index (χ0n) is 16.7. The van der Waals surface area contributed by atoms with Crippen molar-refractivity contribution in [1.29, 1.82) is 0 Å². The van der Waals surface area contributed by atoms with Gasteiger partial charge in [0.05, 0.1) is 11.8 Å². The Labute approximate surface area is 167 Å². The summed E-state index contributed by atoms with van der Waals surface area (Å²) < 4.78 is 0. The van der Waals surface area contributed by atoms with E-state index in [0.717, 1.165) is 36.8 Å². The quantitative estimate of drug-likeness (QED) is 0.811. The van der Waals surface area contributed by atoms with Crippen molar-refractivity contribution in [1.82, 2.24) is 9.97 Å². The SMILES string of the molecule is C[C@H](O)c1ccc2c(c1)CCN(c1cc(C3CC3)nc(NC3CCCC3)n1)C2.